The Balaban J connectivity index is 1.47. The molecule has 0 radical (unpaired) electrons. The molecule has 0 aromatic carbocycles. The Morgan fingerprint density at radius 1 is 1.15 bits per heavy atom. The smallest absolute Gasteiger partial charge is 0.226 e. The van der Waals surface area contributed by atoms with Crippen LogP contribution < -0.4 is 5.32 Å². The highest BCUT2D eigenvalue weighted by atomic mass is 16.5. The fourth-order valence-electron chi connectivity index (χ4n) is 5.13. The number of amides is 1. The fraction of sp³-hybridized carbons (Fsp3) is 0.941. The zero-order valence-electron chi connectivity index (χ0n) is 13.0. The minimum absolute atomic E-state index is 0.00714. The number of nitrogens with one attached hydrogen (secondary N) is 1. The van der Waals surface area contributed by atoms with Gasteiger partial charge in [-0.25, -0.2) is 0 Å². The molecule has 0 aromatic heterocycles. The van der Waals surface area contributed by atoms with E-state index in [-0.39, 0.29) is 5.41 Å². The average Bonchev–Trinajstić information content (AvgIpc) is 2.36. The third-order valence-corrected chi connectivity index (χ3v) is 5.50. The normalized spacial score (nSPS) is 38.5. The van der Waals surface area contributed by atoms with Crippen molar-refractivity contribution in [2.45, 2.75) is 52.4 Å². The van der Waals surface area contributed by atoms with E-state index in [9.17, 15) is 4.79 Å². The highest BCUT2D eigenvalue weighted by molar-refractivity contribution is 5.83. The van der Waals surface area contributed by atoms with Gasteiger partial charge in [0.25, 0.3) is 0 Å². The van der Waals surface area contributed by atoms with Gasteiger partial charge in [-0.1, -0.05) is 13.8 Å². The molecule has 4 bridgehead atoms. The molecular formula is C17H29NO2. The molecule has 3 heteroatoms. The summed E-state index contributed by atoms with van der Waals surface area (Å²) in [7, 11) is 0. The molecule has 4 saturated carbocycles. The van der Waals surface area contributed by atoms with E-state index < -0.39 is 0 Å². The number of carbonyl (C=O) groups is 1. The molecule has 20 heavy (non-hydrogen) atoms. The lowest BCUT2D eigenvalue weighted by atomic mass is 9.49. The van der Waals surface area contributed by atoms with Crippen LogP contribution in [0.2, 0.25) is 0 Å². The van der Waals surface area contributed by atoms with Crippen LogP contribution >= 0.6 is 0 Å². The van der Waals surface area contributed by atoms with E-state index in [1.165, 1.54) is 19.3 Å². The number of ether oxygens (including phenoxy) is 1. The van der Waals surface area contributed by atoms with Gasteiger partial charge in [0.1, 0.15) is 0 Å². The van der Waals surface area contributed by atoms with Gasteiger partial charge in [0, 0.05) is 18.6 Å². The van der Waals surface area contributed by atoms with Crippen molar-refractivity contribution in [2.75, 3.05) is 19.8 Å². The van der Waals surface area contributed by atoms with E-state index in [1.54, 1.807) is 0 Å². The van der Waals surface area contributed by atoms with Crippen LogP contribution in [0.15, 0.2) is 0 Å². The lowest BCUT2D eigenvalue weighted by molar-refractivity contribution is -0.146. The minimum Gasteiger partial charge on any atom is -0.379 e. The quantitative estimate of drug-likeness (QED) is 0.759. The van der Waals surface area contributed by atoms with Gasteiger partial charge >= 0.3 is 0 Å². The standard InChI is InChI=1S/C17H29NO2/c1-12(2)11-20-4-3-18-16(19)17-8-13-5-14(9-17)7-15(6-13)10-17/h12-15H,3-11H2,1-2H3,(H,18,19). The van der Waals surface area contributed by atoms with Crippen molar-refractivity contribution in [3.8, 4) is 0 Å². The van der Waals surface area contributed by atoms with Crippen molar-refractivity contribution in [3.63, 3.8) is 0 Å². The molecule has 3 nitrogen and oxygen atoms in total. The summed E-state index contributed by atoms with van der Waals surface area (Å²) in [5, 5.41) is 3.15. The molecular weight excluding hydrogens is 250 g/mol. The van der Waals surface area contributed by atoms with Gasteiger partial charge in [0.2, 0.25) is 5.91 Å². The summed E-state index contributed by atoms with van der Waals surface area (Å²) in [6, 6.07) is 0. The van der Waals surface area contributed by atoms with Crippen LogP contribution in [0, 0.1) is 29.1 Å². The second-order valence-electron chi connectivity index (χ2n) is 7.92. The van der Waals surface area contributed by atoms with Crippen molar-refractivity contribution in [3.05, 3.63) is 0 Å². The van der Waals surface area contributed by atoms with Crippen molar-refractivity contribution in [1.29, 1.82) is 0 Å². The molecule has 114 valence electrons. The SMILES string of the molecule is CC(C)COCCNC(=O)C12CC3CC(CC(C3)C1)C2. The second-order valence-corrected chi connectivity index (χ2v) is 7.92. The first-order chi connectivity index (χ1) is 9.57. The van der Waals surface area contributed by atoms with E-state index >= 15 is 0 Å². The van der Waals surface area contributed by atoms with Crippen molar-refractivity contribution < 1.29 is 9.53 Å². The van der Waals surface area contributed by atoms with E-state index in [2.05, 4.69) is 19.2 Å². The highest BCUT2D eigenvalue weighted by Crippen LogP contribution is 2.60. The summed E-state index contributed by atoms with van der Waals surface area (Å²) < 4.78 is 5.55. The molecule has 4 aliphatic carbocycles. The Labute approximate surface area is 122 Å². The lowest BCUT2D eigenvalue weighted by Gasteiger charge is -2.55. The van der Waals surface area contributed by atoms with Crippen LogP contribution in [-0.4, -0.2) is 25.7 Å². The third-order valence-electron chi connectivity index (χ3n) is 5.50. The maximum Gasteiger partial charge on any atom is 0.226 e. The topological polar surface area (TPSA) is 38.3 Å². The largest absolute Gasteiger partial charge is 0.379 e. The Morgan fingerprint density at radius 3 is 2.20 bits per heavy atom. The maximum absolute atomic E-state index is 12.6. The molecule has 0 atom stereocenters. The zero-order chi connectivity index (χ0) is 14.2. The van der Waals surface area contributed by atoms with Gasteiger partial charge in [-0.2, -0.15) is 0 Å². The molecule has 1 amide bonds. The number of rotatable bonds is 6. The molecule has 4 rings (SSSR count). The summed E-state index contributed by atoms with van der Waals surface area (Å²) in [6.45, 7) is 6.40. The summed E-state index contributed by atoms with van der Waals surface area (Å²) in [5.74, 6) is 3.40. The molecule has 0 spiro atoms. The van der Waals surface area contributed by atoms with Crippen LogP contribution in [0.25, 0.3) is 0 Å². The molecule has 0 saturated heterocycles. The highest BCUT2D eigenvalue weighted by Gasteiger charge is 2.54. The molecule has 1 N–H and O–H groups in total. The monoisotopic (exact) mass is 279 g/mol. The molecule has 4 aliphatic rings. The van der Waals surface area contributed by atoms with Crippen LogP contribution in [0.1, 0.15) is 52.4 Å². The van der Waals surface area contributed by atoms with Gasteiger partial charge < -0.3 is 10.1 Å². The summed E-state index contributed by atoms with van der Waals surface area (Å²) >= 11 is 0. The second kappa shape index (κ2) is 5.67. The summed E-state index contributed by atoms with van der Waals surface area (Å²) in [4.78, 5) is 12.6. The van der Waals surface area contributed by atoms with Crippen LogP contribution in [-0.2, 0) is 9.53 Å². The predicted molar refractivity (Wildman–Crippen MR) is 79.3 cm³/mol. The first-order valence-electron chi connectivity index (χ1n) is 8.43. The minimum atomic E-state index is -0.00714. The molecule has 0 aliphatic heterocycles. The number of hydrogen-bond acceptors (Lipinski definition) is 2. The third kappa shape index (κ3) is 2.88. The fourth-order valence-corrected chi connectivity index (χ4v) is 5.13. The molecule has 4 fully saturated rings. The first-order valence-corrected chi connectivity index (χ1v) is 8.43. The average molecular weight is 279 g/mol. The predicted octanol–water partition coefficient (Wildman–Crippen LogP) is 2.99. The van der Waals surface area contributed by atoms with Gasteiger partial charge in [-0.3, -0.25) is 4.79 Å². The summed E-state index contributed by atoms with van der Waals surface area (Å²) in [6.07, 6.45) is 7.63. The van der Waals surface area contributed by atoms with Gasteiger partial charge in [-0.05, 0) is 62.2 Å². The van der Waals surface area contributed by atoms with Crippen LogP contribution in [0.4, 0.5) is 0 Å². The van der Waals surface area contributed by atoms with E-state index in [0.717, 1.165) is 43.6 Å². The Morgan fingerprint density at radius 2 is 1.70 bits per heavy atom. The maximum atomic E-state index is 12.6. The van der Waals surface area contributed by atoms with Crippen LogP contribution in [0.5, 0.6) is 0 Å². The molecule has 0 unspecified atom stereocenters. The zero-order valence-corrected chi connectivity index (χ0v) is 13.0. The van der Waals surface area contributed by atoms with Gasteiger partial charge in [0.15, 0.2) is 0 Å². The Bertz CT molecular complexity index is 329. The molecule has 0 aromatic rings. The van der Waals surface area contributed by atoms with E-state index in [1.807, 2.05) is 0 Å². The van der Waals surface area contributed by atoms with E-state index in [4.69, 9.17) is 4.74 Å². The molecule has 0 heterocycles. The lowest BCUT2D eigenvalue weighted by Crippen LogP contribution is -2.53. The summed E-state index contributed by atoms with van der Waals surface area (Å²) in [5.41, 5.74) is -0.00714. The Kier molecular flexibility index (Phi) is 4.07. The van der Waals surface area contributed by atoms with E-state index in [0.29, 0.717) is 25.0 Å². The van der Waals surface area contributed by atoms with Gasteiger partial charge in [0.05, 0.1) is 6.61 Å². The van der Waals surface area contributed by atoms with Crippen LogP contribution in [0.3, 0.4) is 0 Å². The van der Waals surface area contributed by atoms with Crippen molar-refractivity contribution >= 4 is 5.91 Å². The number of hydrogen-bond donors (Lipinski definition) is 1. The van der Waals surface area contributed by atoms with Crippen molar-refractivity contribution in [2.24, 2.45) is 29.1 Å². The first kappa shape index (κ1) is 14.4. The Hall–Kier alpha value is -0.570. The van der Waals surface area contributed by atoms with Crippen molar-refractivity contribution in [1.82, 2.24) is 5.32 Å². The van der Waals surface area contributed by atoms with Gasteiger partial charge in [-0.15, -0.1) is 0 Å². The number of carbonyl (C=O) groups excluding carboxylic acids is 1.